The van der Waals surface area contributed by atoms with Gasteiger partial charge in [-0.05, 0) is 24.1 Å². The van der Waals surface area contributed by atoms with Crippen LogP contribution < -0.4 is 5.73 Å². The van der Waals surface area contributed by atoms with Gasteiger partial charge in [0.25, 0.3) is 0 Å². The van der Waals surface area contributed by atoms with Crippen molar-refractivity contribution in [3.05, 3.63) is 29.8 Å². The highest BCUT2D eigenvalue weighted by atomic mass is 16.2. The van der Waals surface area contributed by atoms with Crippen molar-refractivity contribution in [1.82, 2.24) is 4.57 Å². The third-order valence-corrected chi connectivity index (χ3v) is 2.55. The van der Waals surface area contributed by atoms with E-state index in [0.29, 0.717) is 6.42 Å². The van der Waals surface area contributed by atoms with Gasteiger partial charge < -0.3 is 15.4 Å². The van der Waals surface area contributed by atoms with Gasteiger partial charge in [-0.25, -0.2) is 0 Å². The molecule has 3 nitrogen and oxygen atoms in total. The van der Waals surface area contributed by atoms with Crippen LogP contribution in [0.25, 0.3) is 10.9 Å². The molecule has 1 aromatic carbocycles. The minimum Gasteiger partial charge on any atom is -0.396 e. The molecule has 0 fully saturated rings. The van der Waals surface area contributed by atoms with Crippen molar-refractivity contribution < 1.29 is 5.11 Å². The van der Waals surface area contributed by atoms with E-state index in [1.165, 1.54) is 0 Å². The number of nitrogen functional groups attached to an aromatic ring is 1. The number of aryl methyl sites for hydroxylation is 1. The van der Waals surface area contributed by atoms with Gasteiger partial charge in [-0.2, -0.15) is 0 Å². The summed E-state index contributed by atoms with van der Waals surface area (Å²) in [7, 11) is 1.94. The summed E-state index contributed by atoms with van der Waals surface area (Å²) in [6.45, 7) is 0.186. The van der Waals surface area contributed by atoms with Gasteiger partial charge in [-0.15, -0.1) is 0 Å². The molecule has 0 aliphatic rings. The van der Waals surface area contributed by atoms with E-state index in [0.717, 1.165) is 22.3 Å². The summed E-state index contributed by atoms with van der Waals surface area (Å²) in [4.78, 5) is 0. The molecule has 2 aromatic rings. The number of hydrogen-bond donors (Lipinski definition) is 2. The summed E-state index contributed by atoms with van der Waals surface area (Å²) in [6.07, 6.45) is 0.695. The fraction of sp³-hybridized carbons (Fsp3) is 0.273. The summed E-state index contributed by atoms with van der Waals surface area (Å²) in [5.74, 6) is 0.765. The Hall–Kier alpha value is -1.48. The largest absolute Gasteiger partial charge is 0.396 e. The molecule has 0 unspecified atom stereocenters. The van der Waals surface area contributed by atoms with Crippen LogP contribution in [0, 0.1) is 0 Å². The molecule has 0 radical (unpaired) electrons. The average molecular weight is 190 g/mol. The molecular weight excluding hydrogens is 176 g/mol. The summed E-state index contributed by atoms with van der Waals surface area (Å²) in [6, 6.07) is 8.09. The van der Waals surface area contributed by atoms with Gasteiger partial charge >= 0.3 is 0 Å². The number of rotatable bonds is 2. The van der Waals surface area contributed by atoms with Crippen LogP contribution in [0.2, 0.25) is 0 Å². The zero-order valence-electron chi connectivity index (χ0n) is 8.20. The highest BCUT2D eigenvalue weighted by molar-refractivity contribution is 5.84. The van der Waals surface area contributed by atoms with Crippen molar-refractivity contribution in [2.24, 2.45) is 7.05 Å². The number of hydrogen-bond acceptors (Lipinski definition) is 2. The predicted octanol–water partition coefficient (Wildman–Crippen LogP) is 1.30. The molecule has 1 aromatic heterocycles. The highest BCUT2D eigenvalue weighted by Crippen LogP contribution is 2.21. The lowest BCUT2D eigenvalue weighted by Crippen LogP contribution is -1.95. The third-order valence-electron chi connectivity index (χ3n) is 2.55. The van der Waals surface area contributed by atoms with Crippen molar-refractivity contribution in [2.45, 2.75) is 6.42 Å². The minimum atomic E-state index is 0.186. The Morgan fingerprint density at radius 3 is 2.86 bits per heavy atom. The first-order chi connectivity index (χ1) is 6.72. The normalized spacial score (nSPS) is 11.0. The SMILES string of the molecule is Cn1c(N)cc2ccc(CCO)cc21. The van der Waals surface area contributed by atoms with Crippen LogP contribution in [-0.4, -0.2) is 16.3 Å². The van der Waals surface area contributed by atoms with Gasteiger partial charge in [-0.3, -0.25) is 0 Å². The summed E-state index contributed by atoms with van der Waals surface area (Å²) in [5.41, 5.74) is 8.05. The third kappa shape index (κ3) is 1.36. The number of benzene rings is 1. The standard InChI is InChI=1S/C11H14N2O/c1-13-10-6-8(4-5-14)2-3-9(10)7-11(13)12/h2-3,6-7,14H,4-5,12H2,1H3. The molecule has 0 aliphatic carbocycles. The van der Waals surface area contributed by atoms with Crippen molar-refractivity contribution >= 4 is 16.7 Å². The van der Waals surface area contributed by atoms with Gasteiger partial charge in [0.05, 0.1) is 0 Å². The number of nitrogens with two attached hydrogens (primary N) is 1. The Bertz CT molecular complexity index is 460. The second kappa shape index (κ2) is 3.35. The van der Waals surface area contributed by atoms with Crippen molar-refractivity contribution in [3.8, 4) is 0 Å². The molecule has 74 valence electrons. The second-order valence-corrected chi connectivity index (χ2v) is 3.49. The molecule has 3 N–H and O–H groups in total. The van der Waals surface area contributed by atoms with E-state index < -0.39 is 0 Å². The van der Waals surface area contributed by atoms with Crippen molar-refractivity contribution in [1.29, 1.82) is 0 Å². The first-order valence-electron chi connectivity index (χ1n) is 4.67. The number of aliphatic hydroxyl groups excluding tert-OH is 1. The molecule has 0 amide bonds. The molecular formula is C11H14N2O. The van der Waals surface area contributed by atoms with Crippen molar-refractivity contribution in [2.75, 3.05) is 12.3 Å². The van der Waals surface area contributed by atoms with Crippen LogP contribution >= 0.6 is 0 Å². The zero-order chi connectivity index (χ0) is 10.1. The van der Waals surface area contributed by atoms with E-state index in [1.54, 1.807) is 0 Å². The number of anilines is 1. The molecule has 2 rings (SSSR count). The molecule has 0 atom stereocenters. The van der Waals surface area contributed by atoms with Crippen molar-refractivity contribution in [3.63, 3.8) is 0 Å². The maximum Gasteiger partial charge on any atom is 0.104 e. The number of nitrogens with zero attached hydrogens (tertiary/aromatic N) is 1. The number of aliphatic hydroxyl groups is 1. The van der Waals surface area contributed by atoms with Crippen LogP contribution in [0.3, 0.4) is 0 Å². The maximum atomic E-state index is 8.83. The lowest BCUT2D eigenvalue weighted by molar-refractivity contribution is 0.299. The lowest BCUT2D eigenvalue weighted by Gasteiger charge is -2.01. The van der Waals surface area contributed by atoms with Crippen LogP contribution in [0.1, 0.15) is 5.56 Å². The Morgan fingerprint density at radius 2 is 2.14 bits per heavy atom. The first kappa shape index (κ1) is 9.09. The Morgan fingerprint density at radius 1 is 1.36 bits per heavy atom. The molecule has 0 bridgehead atoms. The Balaban J connectivity index is 2.58. The molecule has 0 saturated heterocycles. The van der Waals surface area contributed by atoms with Gasteiger partial charge in [0.15, 0.2) is 0 Å². The molecule has 0 aliphatic heterocycles. The first-order valence-corrected chi connectivity index (χ1v) is 4.67. The quantitative estimate of drug-likeness (QED) is 0.749. The van der Waals surface area contributed by atoms with Crippen LogP contribution in [-0.2, 0) is 13.5 Å². The smallest absolute Gasteiger partial charge is 0.104 e. The van der Waals surface area contributed by atoms with E-state index >= 15 is 0 Å². The summed E-state index contributed by atoms with van der Waals surface area (Å²) < 4.78 is 1.95. The van der Waals surface area contributed by atoms with Crippen LogP contribution in [0.4, 0.5) is 5.82 Å². The fourth-order valence-corrected chi connectivity index (χ4v) is 1.68. The van der Waals surface area contributed by atoms with Gasteiger partial charge in [0.2, 0.25) is 0 Å². The molecule has 0 spiro atoms. The topological polar surface area (TPSA) is 51.2 Å². The van der Waals surface area contributed by atoms with E-state index in [1.807, 2.05) is 29.8 Å². The molecule has 0 saturated carbocycles. The fourth-order valence-electron chi connectivity index (χ4n) is 1.68. The van der Waals surface area contributed by atoms with E-state index in [2.05, 4.69) is 6.07 Å². The Kier molecular flexibility index (Phi) is 2.17. The maximum absolute atomic E-state index is 8.83. The monoisotopic (exact) mass is 190 g/mol. The van der Waals surface area contributed by atoms with Gasteiger partial charge in [0.1, 0.15) is 5.82 Å². The Labute approximate surface area is 82.8 Å². The second-order valence-electron chi connectivity index (χ2n) is 3.49. The average Bonchev–Trinajstić information content (AvgIpc) is 2.45. The highest BCUT2D eigenvalue weighted by Gasteiger charge is 2.03. The number of aromatic nitrogens is 1. The van der Waals surface area contributed by atoms with Gasteiger partial charge in [-0.1, -0.05) is 12.1 Å². The minimum absolute atomic E-state index is 0.186. The van der Waals surface area contributed by atoms with Crippen LogP contribution in [0.15, 0.2) is 24.3 Å². The molecule has 14 heavy (non-hydrogen) atoms. The molecule has 1 heterocycles. The zero-order valence-corrected chi connectivity index (χ0v) is 8.20. The van der Waals surface area contributed by atoms with Crippen LogP contribution in [0.5, 0.6) is 0 Å². The van der Waals surface area contributed by atoms with E-state index in [-0.39, 0.29) is 6.61 Å². The molecule has 3 heteroatoms. The van der Waals surface area contributed by atoms with E-state index in [4.69, 9.17) is 10.8 Å². The van der Waals surface area contributed by atoms with E-state index in [9.17, 15) is 0 Å². The van der Waals surface area contributed by atoms with Gasteiger partial charge in [0, 0.05) is 24.6 Å². The lowest BCUT2D eigenvalue weighted by atomic mass is 10.1. The summed E-state index contributed by atoms with van der Waals surface area (Å²) in [5, 5.41) is 9.98. The summed E-state index contributed by atoms with van der Waals surface area (Å²) >= 11 is 0. The number of fused-ring (bicyclic) bond motifs is 1. The predicted molar refractivity (Wildman–Crippen MR) is 58.1 cm³/mol.